The van der Waals surface area contributed by atoms with Gasteiger partial charge in [-0.3, -0.25) is 9.36 Å². The molecule has 0 fully saturated rings. The van der Waals surface area contributed by atoms with Crippen LogP contribution in [0.1, 0.15) is 19.9 Å². The van der Waals surface area contributed by atoms with Crippen molar-refractivity contribution in [3.63, 3.8) is 0 Å². The lowest BCUT2D eigenvalue weighted by atomic mass is 10.4. The molecule has 0 spiro atoms. The van der Waals surface area contributed by atoms with E-state index in [0.29, 0.717) is 11.1 Å². The summed E-state index contributed by atoms with van der Waals surface area (Å²) < 4.78 is 1.75. The second-order valence-corrected chi connectivity index (χ2v) is 4.47. The molecule has 1 aromatic rings. The van der Waals surface area contributed by atoms with Crippen LogP contribution in [0.5, 0.6) is 0 Å². The number of anilines is 1. The molecule has 0 unspecified atom stereocenters. The van der Waals surface area contributed by atoms with Crippen LogP contribution in [-0.4, -0.2) is 33.0 Å². The van der Waals surface area contributed by atoms with Gasteiger partial charge in [0.05, 0.1) is 11.8 Å². The summed E-state index contributed by atoms with van der Waals surface area (Å²) >= 11 is 1.24. The number of nitrogens with zero attached hydrogens (tertiary/aromatic N) is 4. The van der Waals surface area contributed by atoms with E-state index in [1.165, 1.54) is 11.8 Å². The SMILES string of the molecule is CC(C)n1c(N)nnc1SCC(=O)NCC#N. The average molecular weight is 254 g/mol. The van der Waals surface area contributed by atoms with Crippen molar-refractivity contribution in [3.8, 4) is 6.07 Å². The molecule has 92 valence electrons. The molecular weight excluding hydrogens is 240 g/mol. The van der Waals surface area contributed by atoms with Crippen LogP contribution < -0.4 is 11.1 Å². The van der Waals surface area contributed by atoms with Crippen LogP contribution in [-0.2, 0) is 4.79 Å². The maximum atomic E-state index is 11.3. The Balaban J connectivity index is 2.58. The van der Waals surface area contributed by atoms with Gasteiger partial charge in [0, 0.05) is 6.04 Å². The van der Waals surface area contributed by atoms with E-state index >= 15 is 0 Å². The smallest absolute Gasteiger partial charge is 0.231 e. The zero-order chi connectivity index (χ0) is 12.8. The van der Waals surface area contributed by atoms with E-state index in [0.717, 1.165) is 0 Å². The molecule has 1 aromatic heterocycles. The number of nitrogens with one attached hydrogen (secondary N) is 1. The van der Waals surface area contributed by atoms with E-state index < -0.39 is 0 Å². The van der Waals surface area contributed by atoms with Crippen LogP contribution in [0.3, 0.4) is 0 Å². The Morgan fingerprint density at radius 3 is 2.94 bits per heavy atom. The predicted molar refractivity (Wildman–Crippen MR) is 64.2 cm³/mol. The molecule has 1 heterocycles. The summed E-state index contributed by atoms with van der Waals surface area (Å²) in [6.45, 7) is 3.93. The highest BCUT2D eigenvalue weighted by molar-refractivity contribution is 7.99. The van der Waals surface area contributed by atoms with Gasteiger partial charge in [0.2, 0.25) is 11.9 Å². The zero-order valence-electron chi connectivity index (χ0n) is 9.67. The molecule has 0 bridgehead atoms. The zero-order valence-corrected chi connectivity index (χ0v) is 10.5. The Morgan fingerprint density at radius 2 is 2.35 bits per heavy atom. The third kappa shape index (κ3) is 3.64. The third-order valence-corrected chi connectivity index (χ3v) is 2.85. The van der Waals surface area contributed by atoms with Crippen molar-refractivity contribution in [2.24, 2.45) is 0 Å². The molecule has 1 rings (SSSR count). The monoisotopic (exact) mass is 254 g/mol. The van der Waals surface area contributed by atoms with Gasteiger partial charge in [0.25, 0.3) is 0 Å². The van der Waals surface area contributed by atoms with Crippen molar-refractivity contribution >= 4 is 23.6 Å². The van der Waals surface area contributed by atoms with Crippen LogP contribution >= 0.6 is 11.8 Å². The van der Waals surface area contributed by atoms with E-state index in [1.54, 1.807) is 4.57 Å². The summed E-state index contributed by atoms with van der Waals surface area (Å²) in [7, 11) is 0. The molecule has 0 saturated carbocycles. The van der Waals surface area contributed by atoms with E-state index in [9.17, 15) is 4.79 Å². The second-order valence-electron chi connectivity index (χ2n) is 3.53. The topological polar surface area (TPSA) is 110 Å². The summed E-state index contributed by atoms with van der Waals surface area (Å²) in [5.41, 5.74) is 5.66. The number of nitrogens with two attached hydrogens (primary N) is 1. The van der Waals surface area contributed by atoms with Gasteiger partial charge in [-0.1, -0.05) is 11.8 Å². The number of nitrogen functional groups attached to an aromatic ring is 1. The summed E-state index contributed by atoms with van der Waals surface area (Å²) in [4.78, 5) is 11.3. The first-order chi connectivity index (χ1) is 8.06. The van der Waals surface area contributed by atoms with Crippen molar-refractivity contribution < 1.29 is 4.79 Å². The van der Waals surface area contributed by atoms with Crippen molar-refractivity contribution in [3.05, 3.63) is 0 Å². The summed E-state index contributed by atoms with van der Waals surface area (Å²) in [6, 6.07) is 1.97. The predicted octanol–water partition coefficient (Wildman–Crippen LogP) is 0.173. The van der Waals surface area contributed by atoms with E-state index in [1.807, 2.05) is 19.9 Å². The molecule has 0 aliphatic carbocycles. The van der Waals surface area contributed by atoms with Crippen molar-refractivity contribution in [1.82, 2.24) is 20.1 Å². The number of hydrogen-bond donors (Lipinski definition) is 2. The lowest BCUT2D eigenvalue weighted by Gasteiger charge is -2.10. The van der Waals surface area contributed by atoms with Crippen LogP contribution in [0.4, 0.5) is 5.95 Å². The van der Waals surface area contributed by atoms with E-state index in [2.05, 4.69) is 15.5 Å². The minimum atomic E-state index is -0.214. The molecule has 0 aliphatic rings. The number of rotatable bonds is 5. The minimum Gasteiger partial charge on any atom is -0.368 e. The number of aromatic nitrogens is 3. The molecule has 0 atom stereocenters. The lowest BCUT2D eigenvalue weighted by Crippen LogP contribution is -2.25. The maximum Gasteiger partial charge on any atom is 0.231 e. The Labute approximate surface area is 103 Å². The summed E-state index contributed by atoms with van der Waals surface area (Å²) in [5.74, 6) is 0.306. The lowest BCUT2D eigenvalue weighted by molar-refractivity contribution is -0.118. The highest BCUT2D eigenvalue weighted by atomic mass is 32.2. The Morgan fingerprint density at radius 1 is 1.65 bits per heavy atom. The van der Waals surface area contributed by atoms with Gasteiger partial charge in [-0.15, -0.1) is 10.2 Å². The first-order valence-corrected chi connectivity index (χ1v) is 6.01. The van der Waals surface area contributed by atoms with Gasteiger partial charge in [-0.25, -0.2) is 0 Å². The molecule has 8 heteroatoms. The van der Waals surface area contributed by atoms with Gasteiger partial charge in [-0.2, -0.15) is 5.26 Å². The van der Waals surface area contributed by atoms with Crippen LogP contribution in [0.15, 0.2) is 5.16 Å². The maximum absolute atomic E-state index is 11.3. The quantitative estimate of drug-likeness (QED) is 0.572. The van der Waals surface area contributed by atoms with Gasteiger partial charge < -0.3 is 11.1 Å². The standard InChI is InChI=1S/C9H14N6OS/c1-6(2)15-8(11)13-14-9(15)17-5-7(16)12-4-3-10/h6H,4-5H2,1-2H3,(H2,11,13)(H,12,16). The molecule has 7 nitrogen and oxygen atoms in total. The average Bonchev–Trinajstić information content (AvgIpc) is 2.65. The molecule has 1 amide bonds. The highest BCUT2D eigenvalue weighted by Gasteiger charge is 2.14. The van der Waals surface area contributed by atoms with Gasteiger partial charge >= 0.3 is 0 Å². The molecular formula is C9H14N6OS. The molecule has 0 aromatic carbocycles. The van der Waals surface area contributed by atoms with Crippen molar-refractivity contribution in [1.29, 1.82) is 5.26 Å². The summed E-state index contributed by atoms with van der Waals surface area (Å²) in [6.07, 6.45) is 0. The molecule has 0 aliphatic heterocycles. The third-order valence-electron chi connectivity index (χ3n) is 1.90. The van der Waals surface area contributed by atoms with Crippen molar-refractivity contribution in [2.45, 2.75) is 25.0 Å². The van der Waals surface area contributed by atoms with Crippen LogP contribution in [0.25, 0.3) is 0 Å². The Bertz CT molecular complexity index is 435. The largest absolute Gasteiger partial charge is 0.368 e. The molecule has 3 N–H and O–H groups in total. The van der Waals surface area contributed by atoms with Crippen LogP contribution in [0, 0.1) is 11.3 Å². The Kier molecular flexibility index (Phi) is 4.78. The Hall–Kier alpha value is -1.75. The number of amides is 1. The first-order valence-electron chi connectivity index (χ1n) is 5.03. The fourth-order valence-electron chi connectivity index (χ4n) is 1.19. The van der Waals surface area contributed by atoms with Crippen LogP contribution in [0.2, 0.25) is 0 Å². The van der Waals surface area contributed by atoms with Gasteiger partial charge in [0.15, 0.2) is 5.16 Å². The number of thioether (sulfide) groups is 1. The molecule has 0 saturated heterocycles. The number of carbonyl (C=O) groups excluding carboxylic acids is 1. The number of nitriles is 1. The van der Waals surface area contributed by atoms with E-state index in [-0.39, 0.29) is 24.2 Å². The molecule has 0 radical (unpaired) electrons. The van der Waals surface area contributed by atoms with E-state index in [4.69, 9.17) is 11.0 Å². The number of carbonyl (C=O) groups is 1. The highest BCUT2D eigenvalue weighted by Crippen LogP contribution is 2.22. The summed E-state index contributed by atoms with van der Waals surface area (Å²) in [5, 5.41) is 19.0. The normalized spacial score (nSPS) is 10.2. The minimum absolute atomic E-state index is 0.0123. The number of hydrogen-bond acceptors (Lipinski definition) is 6. The second kappa shape index (κ2) is 6.10. The fourth-order valence-corrected chi connectivity index (χ4v) is 2.10. The van der Waals surface area contributed by atoms with Gasteiger partial charge in [0.1, 0.15) is 6.54 Å². The molecule has 17 heavy (non-hydrogen) atoms. The van der Waals surface area contributed by atoms with Crippen molar-refractivity contribution in [2.75, 3.05) is 18.0 Å². The fraction of sp³-hybridized carbons (Fsp3) is 0.556. The van der Waals surface area contributed by atoms with Gasteiger partial charge in [-0.05, 0) is 13.8 Å². The first kappa shape index (κ1) is 13.3.